The number of rotatable bonds is 2. The van der Waals surface area contributed by atoms with Gasteiger partial charge >= 0.3 is 0 Å². The smallest absolute Gasteiger partial charge is 0.0601 e. The van der Waals surface area contributed by atoms with Crippen LogP contribution in [0.3, 0.4) is 0 Å². The first kappa shape index (κ1) is 31.3. The van der Waals surface area contributed by atoms with Crippen LogP contribution in [0.4, 0.5) is 34.1 Å². The molecule has 2 aliphatic rings. The molecule has 50 heavy (non-hydrogen) atoms. The molecule has 0 atom stereocenters. The van der Waals surface area contributed by atoms with Crippen molar-refractivity contribution in [2.75, 3.05) is 9.80 Å². The van der Waals surface area contributed by atoms with Crippen LogP contribution < -0.4 is 9.80 Å². The van der Waals surface area contributed by atoms with Crippen LogP contribution in [0.5, 0.6) is 0 Å². The molecule has 2 nitrogen and oxygen atoms in total. The van der Waals surface area contributed by atoms with Gasteiger partial charge in [0.1, 0.15) is 0 Å². The fourth-order valence-corrected chi connectivity index (χ4v) is 10.2. The van der Waals surface area contributed by atoms with Crippen LogP contribution in [0.2, 0.25) is 0 Å². The van der Waals surface area contributed by atoms with E-state index in [2.05, 4.69) is 185 Å². The Morgan fingerprint density at radius 3 is 0.960 bits per heavy atom. The predicted octanol–water partition coefficient (Wildman–Crippen LogP) is 14.5. The molecule has 0 radical (unpaired) electrons. The van der Waals surface area contributed by atoms with Gasteiger partial charge in [-0.3, -0.25) is 0 Å². The summed E-state index contributed by atoms with van der Waals surface area (Å²) in [6.45, 7) is 14.2. The Kier molecular flexibility index (Phi) is 7.18. The van der Waals surface area contributed by atoms with Crippen molar-refractivity contribution in [3.63, 3.8) is 0 Å². The molecule has 0 spiro atoms. The molecule has 0 amide bonds. The van der Waals surface area contributed by atoms with Gasteiger partial charge in [0.2, 0.25) is 0 Å². The maximum Gasteiger partial charge on any atom is 0.0601 e. The summed E-state index contributed by atoms with van der Waals surface area (Å²) in [6.07, 6.45) is 0. The van der Waals surface area contributed by atoms with Crippen molar-refractivity contribution in [3.05, 3.63) is 145 Å². The Morgan fingerprint density at radius 1 is 0.360 bits per heavy atom. The van der Waals surface area contributed by atoms with Gasteiger partial charge in [-0.25, -0.2) is 0 Å². The molecular formula is C46H40N2S2. The molecule has 0 fully saturated rings. The topological polar surface area (TPSA) is 6.48 Å². The largest absolute Gasteiger partial charge is 0.308 e. The molecular weight excluding hydrogens is 645 g/mol. The summed E-state index contributed by atoms with van der Waals surface area (Å²) in [5.74, 6) is 0. The summed E-state index contributed by atoms with van der Waals surface area (Å²) in [6, 6.07) is 49.6. The number of hydrogen-bond donors (Lipinski definition) is 0. The number of nitrogens with zero attached hydrogens (tertiary/aromatic N) is 2. The third-order valence-corrected chi connectivity index (χ3v) is 12.2. The normalized spacial score (nSPS) is 14.0. The fourth-order valence-electron chi connectivity index (χ4n) is 8.06. The molecule has 0 saturated heterocycles. The summed E-state index contributed by atoms with van der Waals surface area (Å²) < 4.78 is 0. The standard InChI is InChI=1S/C46H40N2S2/c1-45(2,3)43-31-25-23-30(48-37-17-9-13-21-41(37)50-42-22-14-10-18-38(42)48)28-34(31)44(46(4,5)6)32-26-24-29(27-33(32)43)47-35-15-7-11-19-39(35)49-40-20-12-8-16-36(40)47/h7-28H,1-6H3. The van der Waals surface area contributed by atoms with Crippen molar-refractivity contribution in [2.24, 2.45) is 0 Å². The molecule has 246 valence electrons. The summed E-state index contributed by atoms with van der Waals surface area (Å²) >= 11 is 3.71. The highest BCUT2D eigenvalue weighted by atomic mass is 32.2. The van der Waals surface area contributed by atoms with Crippen molar-refractivity contribution in [1.82, 2.24) is 0 Å². The molecule has 0 aromatic heterocycles. The molecule has 0 saturated carbocycles. The van der Waals surface area contributed by atoms with Crippen molar-refractivity contribution in [3.8, 4) is 0 Å². The third kappa shape index (κ3) is 4.95. The van der Waals surface area contributed by atoms with Crippen LogP contribution in [0.1, 0.15) is 52.7 Å². The minimum absolute atomic E-state index is 0.0957. The number of benzene rings is 7. The van der Waals surface area contributed by atoms with Crippen LogP contribution >= 0.6 is 23.5 Å². The highest BCUT2D eigenvalue weighted by Gasteiger charge is 2.31. The molecule has 0 unspecified atom stereocenters. The zero-order chi connectivity index (χ0) is 34.4. The van der Waals surface area contributed by atoms with Gasteiger partial charge < -0.3 is 9.80 Å². The molecule has 4 heteroatoms. The van der Waals surface area contributed by atoms with E-state index >= 15 is 0 Å². The first-order valence-electron chi connectivity index (χ1n) is 17.4. The van der Waals surface area contributed by atoms with Gasteiger partial charge in [0.05, 0.1) is 22.7 Å². The van der Waals surface area contributed by atoms with Crippen LogP contribution in [0.15, 0.2) is 153 Å². The van der Waals surface area contributed by atoms with E-state index in [1.54, 1.807) is 0 Å². The summed E-state index contributed by atoms with van der Waals surface area (Å²) in [5.41, 5.74) is 9.91. The second-order valence-electron chi connectivity index (χ2n) is 15.5. The second kappa shape index (κ2) is 11.4. The number of hydrogen-bond acceptors (Lipinski definition) is 4. The first-order chi connectivity index (χ1) is 24.1. The molecule has 0 bridgehead atoms. The second-order valence-corrected chi connectivity index (χ2v) is 17.6. The van der Waals surface area contributed by atoms with Crippen LogP contribution in [-0.2, 0) is 10.8 Å². The molecule has 7 aromatic rings. The van der Waals surface area contributed by atoms with Gasteiger partial charge in [0.15, 0.2) is 0 Å². The SMILES string of the molecule is CC(C)(C)c1c2ccc(N3c4ccccc4Sc4ccccc43)cc2c(C(C)(C)C)c2ccc(N3c4ccccc4Sc4ccccc43)cc12. The summed E-state index contributed by atoms with van der Waals surface area (Å²) in [5, 5.41) is 5.33. The third-order valence-electron chi connectivity index (χ3n) is 9.96. The highest BCUT2D eigenvalue weighted by Crippen LogP contribution is 2.55. The minimum atomic E-state index is -0.0957. The Hall–Kier alpha value is -4.64. The fraction of sp³-hybridized carbons (Fsp3) is 0.174. The van der Waals surface area contributed by atoms with Crippen LogP contribution in [0.25, 0.3) is 21.5 Å². The van der Waals surface area contributed by atoms with Crippen molar-refractivity contribution in [2.45, 2.75) is 72.0 Å². The summed E-state index contributed by atoms with van der Waals surface area (Å²) in [7, 11) is 0. The van der Waals surface area contributed by atoms with E-state index in [0.717, 1.165) is 0 Å². The van der Waals surface area contributed by atoms with Crippen LogP contribution in [0, 0.1) is 0 Å². The molecule has 9 rings (SSSR count). The van der Waals surface area contributed by atoms with Gasteiger partial charge in [0, 0.05) is 31.0 Å². The van der Waals surface area contributed by atoms with E-state index in [1.165, 1.54) is 86.4 Å². The molecule has 7 aromatic carbocycles. The Morgan fingerprint density at radius 2 is 0.660 bits per heavy atom. The van der Waals surface area contributed by atoms with Gasteiger partial charge in [-0.2, -0.15) is 0 Å². The zero-order valence-electron chi connectivity index (χ0n) is 29.4. The Labute approximate surface area is 304 Å². The number of para-hydroxylation sites is 4. The van der Waals surface area contributed by atoms with E-state index < -0.39 is 0 Å². The quantitative estimate of drug-likeness (QED) is 0.167. The van der Waals surface area contributed by atoms with E-state index in [-0.39, 0.29) is 10.8 Å². The average Bonchev–Trinajstić information content (AvgIpc) is 3.10. The van der Waals surface area contributed by atoms with E-state index in [4.69, 9.17) is 0 Å². The zero-order valence-corrected chi connectivity index (χ0v) is 31.0. The van der Waals surface area contributed by atoms with Crippen LogP contribution in [-0.4, -0.2) is 0 Å². The van der Waals surface area contributed by atoms with Crippen molar-refractivity contribution >= 4 is 79.2 Å². The van der Waals surface area contributed by atoms with Gasteiger partial charge in [-0.15, -0.1) is 0 Å². The average molecular weight is 685 g/mol. The Bertz CT molecular complexity index is 2220. The molecule has 2 heterocycles. The molecule has 0 aliphatic carbocycles. The van der Waals surface area contributed by atoms with Gasteiger partial charge in [-0.1, -0.05) is 126 Å². The lowest BCUT2D eigenvalue weighted by Gasteiger charge is -2.35. The monoisotopic (exact) mass is 684 g/mol. The lowest BCUT2D eigenvalue weighted by molar-refractivity contribution is 0.593. The Balaban J connectivity index is 1.33. The minimum Gasteiger partial charge on any atom is -0.308 e. The summed E-state index contributed by atoms with van der Waals surface area (Å²) in [4.78, 5) is 10.0. The van der Waals surface area contributed by atoms with Gasteiger partial charge in [-0.05, 0) is 116 Å². The molecule has 2 aliphatic heterocycles. The van der Waals surface area contributed by atoms with Gasteiger partial charge in [0.25, 0.3) is 0 Å². The predicted molar refractivity (Wildman–Crippen MR) is 216 cm³/mol. The van der Waals surface area contributed by atoms with E-state index in [0.29, 0.717) is 0 Å². The lowest BCUT2D eigenvalue weighted by atomic mass is 9.74. The van der Waals surface area contributed by atoms with Crippen molar-refractivity contribution in [1.29, 1.82) is 0 Å². The number of fused-ring (bicyclic) bond motifs is 6. The molecule has 0 N–H and O–H groups in total. The highest BCUT2D eigenvalue weighted by molar-refractivity contribution is 8.00. The lowest BCUT2D eigenvalue weighted by Crippen LogP contribution is -2.19. The first-order valence-corrected chi connectivity index (χ1v) is 19.1. The number of anilines is 6. The van der Waals surface area contributed by atoms with Crippen molar-refractivity contribution < 1.29 is 0 Å². The van der Waals surface area contributed by atoms with E-state index in [1.807, 2.05) is 23.5 Å². The van der Waals surface area contributed by atoms with E-state index in [9.17, 15) is 0 Å². The maximum absolute atomic E-state index is 2.47. The maximum atomic E-state index is 2.47.